The van der Waals surface area contributed by atoms with Crippen molar-refractivity contribution in [2.24, 2.45) is 0 Å². The van der Waals surface area contributed by atoms with Crippen molar-refractivity contribution < 1.29 is 10.2 Å². The van der Waals surface area contributed by atoms with Crippen LogP contribution in [0.1, 0.15) is 0 Å². The van der Waals surface area contributed by atoms with Crippen LogP contribution in [0.5, 0.6) is 5.75 Å². The maximum Gasteiger partial charge on any atom is 0.265 e. The molecule has 78 valence electrons. The number of aromatic hydroxyl groups is 1. The molecule has 0 unspecified atom stereocenters. The topological polar surface area (TPSA) is 75.3 Å². The lowest BCUT2D eigenvalue weighted by Gasteiger charge is -2.04. The van der Waals surface area contributed by atoms with Crippen LogP contribution in [0.3, 0.4) is 0 Å². The van der Waals surface area contributed by atoms with Crippen LogP contribution >= 0.6 is 0 Å². The number of aliphatic hydroxyl groups excluding tert-OH is 1. The molecule has 0 bridgehead atoms. The zero-order valence-electron chi connectivity index (χ0n) is 7.92. The number of phenolic OH excluding ortho intramolecular Hbond substituents is 1. The van der Waals surface area contributed by atoms with Crippen LogP contribution in [0.2, 0.25) is 0 Å². The third-order valence-corrected chi connectivity index (χ3v) is 2.17. The number of rotatable bonds is 2. The molecule has 0 fully saturated rings. The molecule has 1 aromatic heterocycles. The van der Waals surface area contributed by atoms with Gasteiger partial charge in [0.2, 0.25) is 0 Å². The van der Waals surface area contributed by atoms with E-state index in [4.69, 9.17) is 5.11 Å². The minimum atomic E-state index is -0.341. The van der Waals surface area contributed by atoms with Crippen molar-refractivity contribution in [2.45, 2.75) is 6.54 Å². The van der Waals surface area contributed by atoms with E-state index >= 15 is 0 Å². The van der Waals surface area contributed by atoms with Gasteiger partial charge < -0.3 is 10.2 Å². The zero-order chi connectivity index (χ0) is 10.8. The highest BCUT2D eigenvalue weighted by molar-refractivity contribution is 5.83. The van der Waals surface area contributed by atoms with E-state index in [1.54, 1.807) is 12.1 Å². The van der Waals surface area contributed by atoms with Gasteiger partial charge in [0.15, 0.2) is 0 Å². The summed E-state index contributed by atoms with van der Waals surface area (Å²) in [5, 5.41) is 18.5. The number of benzene rings is 1. The fourth-order valence-corrected chi connectivity index (χ4v) is 1.45. The molecular formula is C10H10N2O3. The summed E-state index contributed by atoms with van der Waals surface area (Å²) in [7, 11) is 0. The molecular weight excluding hydrogens is 196 g/mol. The Bertz CT molecular complexity index is 548. The Morgan fingerprint density at radius 2 is 2.20 bits per heavy atom. The molecule has 1 heterocycles. The largest absolute Gasteiger partial charge is 0.507 e. The third-order valence-electron chi connectivity index (χ3n) is 2.17. The molecule has 5 heteroatoms. The van der Waals surface area contributed by atoms with Crippen molar-refractivity contribution in [3.05, 3.63) is 34.9 Å². The Morgan fingerprint density at radius 1 is 1.40 bits per heavy atom. The van der Waals surface area contributed by atoms with E-state index in [1.807, 2.05) is 0 Å². The van der Waals surface area contributed by atoms with Gasteiger partial charge in [-0.3, -0.25) is 9.36 Å². The number of nitrogens with zero attached hydrogens (tertiary/aromatic N) is 2. The van der Waals surface area contributed by atoms with E-state index in [9.17, 15) is 9.90 Å². The van der Waals surface area contributed by atoms with Gasteiger partial charge in [-0.05, 0) is 12.1 Å². The van der Waals surface area contributed by atoms with Gasteiger partial charge in [-0.1, -0.05) is 6.07 Å². The summed E-state index contributed by atoms with van der Waals surface area (Å²) in [4.78, 5) is 15.8. The molecule has 15 heavy (non-hydrogen) atoms. The standard InChI is InChI=1S/C10H10N2O3/c13-5-4-12-6-11-7-2-1-3-8(14)9(7)10(12)15/h1-3,6,13-14H,4-5H2. The average Bonchev–Trinajstić information content (AvgIpc) is 2.22. The highest BCUT2D eigenvalue weighted by atomic mass is 16.3. The highest BCUT2D eigenvalue weighted by Gasteiger charge is 2.07. The van der Waals surface area contributed by atoms with Crippen molar-refractivity contribution in [2.75, 3.05) is 6.61 Å². The zero-order valence-corrected chi connectivity index (χ0v) is 7.92. The molecule has 2 aromatic rings. The van der Waals surface area contributed by atoms with Gasteiger partial charge in [0.05, 0.1) is 25.0 Å². The summed E-state index contributed by atoms with van der Waals surface area (Å²) in [6.07, 6.45) is 1.36. The first-order valence-electron chi connectivity index (χ1n) is 4.52. The SMILES string of the molecule is O=c1c2c(O)cccc2ncn1CCO. The van der Waals surface area contributed by atoms with Crippen LogP contribution < -0.4 is 5.56 Å². The summed E-state index contributed by atoms with van der Waals surface area (Å²) in [5.74, 6) is -0.0858. The second-order valence-corrected chi connectivity index (χ2v) is 3.14. The number of aromatic nitrogens is 2. The maximum absolute atomic E-state index is 11.8. The highest BCUT2D eigenvalue weighted by Crippen LogP contribution is 2.18. The Hall–Kier alpha value is -1.88. The van der Waals surface area contributed by atoms with Gasteiger partial charge in [0, 0.05) is 0 Å². The molecule has 2 N–H and O–H groups in total. The average molecular weight is 206 g/mol. The van der Waals surface area contributed by atoms with Crippen LogP contribution in [0.4, 0.5) is 0 Å². The second-order valence-electron chi connectivity index (χ2n) is 3.14. The Morgan fingerprint density at radius 3 is 2.93 bits per heavy atom. The monoisotopic (exact) mass is 206 g/mol. The fraction of sp³-hybridized carbons (Fsp3) is 0.200. The van der Waals surface area contributed by atoms with Gasteiger partial charge in [0.25, 0.3) is 5.56 Å². The van der Waals surface area contributed by atoms with Gasteiger partial charge in [-0.25, -0.2) is 4.98 Å². The van der Waals surface area contributed by atoms with E-state index in [0.717, 1.165) is 0 Å². The summed E-state index contributed by atoms with van der Waals surface area (Å²) in [6, 6.07) is 4.72. The van der Waals surface area contributed by atoms with E-state index < -0.39 is 0 Å². The number of hydrogen-bond acceptors (Lipinski definition) is 4. The van der Waals surface area contributed by atoms with Crippen LogP contribution in [0, 0.1) is 0 Å². The van der Waals surface area contributed by atoms with Crippen LogP contribution in [-0.2, 0) is 6.54 Å². The molecule has 0 saturated carbocycles. The van der Waals surface area contributed by atoms with Crippen molar-refractivity contribution in [1.29, 1.82) is 0 Å². The Kier molecular flexibility index (Phi) is 2.39. The van der Waals surface area contributed by atoms with Gasteiger partial charge in [-0.2, -0.15) is 0 Å². The van der Waals surface area contributed by atoms with Crippen molar-refractivity contribution >= 4 is 10.9 Å². The lowest BCUT2D eigenvalue weighted by atomic mass is 10.2. The van der Waals surface area contributed by atoms with Gasteiger partial charge in [-0.15, -0.1) is 0 Å². The van der Waals surface area contributed by atoms with Gasteiger partial charge in [0.1, 0.15) is 11.1 Å². The van der Waals surface area contributed by atoms with Crippen LogP contribution in [-0.4, -0.2) is 26.4 Å². The maximum atomic E-state index is 11.8. The minimum Gasteiger partial charge on any atom is -0.507 e. The summed E-state index contributed by atoms with van der Waals surface area (Å²) in [6.45, 7) is 0.0385. The molecule has 0 aliphatic heterocycles. The third kappa shape index (κ3) is 1.57. The molecule has 5 nitrogen and oxygen atoms in total. The molecule has 0 aliphatic rings. The summed E-state index contributed by atoms with van der Waals surface area (Å²) < 4.78 is 1.27. The molecule has 0 amide bonds. The second kappa shape index (κ2) is 3.70. The van der Waals surface area contributed by atoms with Crippen molar-refractivity contribution in [3.8, 4) is 5.75 Å². The number of fused-ring (bicyclic) bond motifs is 1. The normalized spacial score (nSPS) is 10.7. The summed E-state index contributed by atoms with van der Waals surface area (Å²) in [5.41, 5.74) is 0.112. The van der Waals surface area contributed by atoms with E-state index in [2.05, 4.69) is 4.98 Å². The number of aliphatic hydroxyl groups is 1. The van der Waals surface area contributed by atoms with Crippen LogP contribution in [0.15, 0.2) is 29.3 Å². The number of phenols is 1. The van der Waals surface area contributed by atoms with Crippen molar-refractivity contribution in [3.63, 3.8) is 0 Å². The summed E-state index contributed by atoms with van der Waals surface area (Å²) >= 11 is 0. The fourth-order valence-electron chi connectivity index (χ4n) is 1.45. The van der Waals surface area contributed by atoms with E-state index in [1.165, 1.54) is 17.0 Å². The predicted octanol–water partition coefficient (Wildman–Crippen LogP) is 0.0944. The quantitative estimate of drug-likeness (QED) is 0.730. The first kappa shape index (κ1) is 9.67. The minimum absolute atomic E-state index is 0.0858. The molecule has 0 spiro atoms. The molecule has 1 aromatic carbocycles. The Labute approximate surface area is 85.2 Å². The van der Waals surface area contributed by atoms with Gasteiger partial charge >= 0.3 is 0 Å². The predicted molar refractivity (Wildman–Crippen MR) is 54.8 cm³/mol. The van der Waals surface area contributed by atoms with E-state index in [-0.39, 0.29) is 29.8 Å². The van der Waals surface area contributed by atoms with Crippen molar-refractivity contribution in [1.82, 2.24) is 9.55 Å². The first-order valence-corrected chi connectivity index (χ1v) is 4.52. The lowest BCUT2D eigenvalue weighted by Crippen LogP contribution is -2.22. The molecule has 2 rings (SSSR count). The van der Waals surface area contributed by atoms with Crippen LogP contribution in [0.25, 0.3) is 10.9 Å². The first-order chi connectivity index (χ1) is 7.24. The molecule has 0 radical (unpaired) electrons. The van der Waals surface area contributed by atoms with E-state index in [0.29, 0.717) is 5.52 Å². The Balaban J connectivity index is 2.77. The smallest absolute Gasteiger partial charge is 0.265 e. The molecule has 0 atom stereocenters. The molecule has 0 saturated heterocycles. The number of hydrogen-bond donors (Lipinski definition) is 2. The molecule has 0 aliphatic carbocycles. The lowest BCUT2D eigenvalue weighted by molar-refractivity contribution is 0.274.